The Morgan fingerprint density at radius 1 is 0.718 bits per heavy atom. The van der Waals surface area contributed by atoms with Crippen LogP contribution in [0.2, 0.25) is 0 Å². The lowest BCUT2D eigenvalue weighted by Crippen LogP contribution is -2.63. The van der Waals surface area contributed by atoms with Gasteiger partial charge in [0.2, 0.25) is 41.4 Å². The van der Waals surface area contributed by atoms with Crippen LogP contribution in [0.5, 0.6) is 5.75 Å². The van der Waals surface area contributed by atoms with Gasteiger partial charge in [0, 0.05) is 53.8 Å². The van der Waals surface area contributed by atoms with Gasteiger partial charge in [-0.2, -0.15) is 0 Å². The van der Waals surface area contributed by atoms with Gasteiger partial charge in [0.05, 0.1) is 12.5 Å². The standard InChI is InChI=1S/C50H64N10O12S2.C2H4O2/c1-26(2)40(49(71)72)59-47(69)38-25-73-74-50(3,4)41(60-42(64)32(52)23-39(62)63)48(70)57-36(20-27-10-6-5-7-11-27)44(66)56-37(22-29-24-53-33-13-9-8-12-31(29)33)46(68)54-34(18-19-51)43(65)55-35(45(67)58-38)21-28-14-16-30(61)17-15-28;1-2(3)4/h5-17,24,26,32,34-38,40-41,53,61H,18-23,25,51-52H2,1-4H3,(H,54,68)(H,55,65)(H,56,66)(H,57,70)(H,58,67)(H,59,69)(H,60,64)(H,62,63)(H,71,72);1H3,(H,3,4)/t32-,34-,35-,36-,37+,38-,40-,41?;/m0./s1. The molecule has 0 saturated carbocycles. The van der Waals surface area contributed by atoms with Crippen molar-refractivity contribution >= 4 is 91.7 Å². The van der Waals surface area contributed by atoms with Crippen LogP contribution >= 0.6 is 21.6 Å². The molecule has 4 aromatic rings. The van der Waals surface area contributed by atoms with Crippen LogP contribution in [-0.2, 0) is 67.2 Å². The van der Waals surface area contributed by atoms with Gasteiger partial charge in [-0.25, -0.2) is 4.79 Å². The zero-order valence-corrected chi connectivity index (χ0v) is 45.2. The summed E-state index contributed by atoms with van der Waals surface area (Å²) in [4.78, 5) is 137. The predicted octanol–water partition coefficient (Wildman–Crippen LogP) is 0.451. The first-order chi connectivity index (χ1) is 36.8. The molecule has 0 bridgehead atoms. The number of fused-ring (bicyclic) bond motifs is 1. The largest absolute Gasteiger partial charge is 0.508 e. The Balaban J connectivity index is 0.00000317. The molecule has 24 nitrogen and oxygen atoms in total. The number of amides is 7. The van der Waals surface area contributed by atoms with Crippen molar-refractivity contribution < 1.29 is 68.4 Å². The van der Waals surface area contributed by atoms with Crippen LogP contribution in [-0.4, -0.2) is 150 Å². The van der Waals surface area contributed by atoms with Crippen LogP contribution in [0.1, 0.15) is 64.2 Å². The summed E-state index contributed by atoms with van der Waals surface area (Å²) >= 11 is 0. The first-order valence-electron chi connectivity index (χ1n) is 24.7. The number of phenols is 1. The van der Waals surface area contributed by atoms with Gasteiger partial charge in [-0.3, -0.25) is 43.2 Å². The lowest BCUT2D eigenvalue weighted by Gasteiger charge is -2.35. The quantitative estimate of drug-likeness (QED) is 0.0677. The molecular weight excluding hydrogens is 1050 g/mol. The molecule has 1 unspecified atom stereocenters. The molecule has 3 aromatic carbocycles. The van der Waals surface area contributed by atoms with Crippen molar-refractivity contribution in [1.29, 1.82) is 0 Å². The molecule has 0 aliphatic carbocycles. The van der Waals surface area contributed by atoms with Gasteiger partial charge < -0.3 is 74.1 Å². The molecule has 16 N–H and O–H groups in total. The maximum atomic E-state index is 14.8. The third kappa shape index (κ3) is 19.4. The van der Waals surface area contributed by atoms with Crippen LogP contribution in [0.25, 0.3) is 10.9 Å². The van der Waals surface area contributed by atoms with E-state index in [0.29, 0.717) is 16.7 Å². The molecule has 0 spiro atoms. The summed E-state index contributed by atoms with van der Waals surface area (Å²) < 4.78 is -1.42. The minimum atomic E-state index is -1.62. The second-order valence-corrected chi connectivity index (χ2v) is 22.2. The van der Waals surface area contributed by atoms with E-state index in [2.05, 4.69) is 42.2 Å². The van der Waals surface area contributed by atoms with E-state index < -0.39 is 125 Å². The Labute approximate surface area is 457 Å². The second kappa shape index (κ2) is 29.7. The minimum absolute atomic E-state index is 0.0837. The number of nitrogens with one attached hydrogen (secondary N) is 8. The van der Waals surface area contributed by atoms with E-state index in [1.54, 1.807) is 70.3 Å². The Hall–Kier alpha value is -7.68. The zero-order chi connectivity index (χ0) is 57.9. The maximum Gasteiger partial charge on any atom is 0.326 e. The number of aromatic amines is 1. The Kier molecular flexibility index (Phi) is 24.0. The van der Waals surface area contributed by atoms with Gasteiger partial charge in [0.25, 0.3) is 5.97 Å². The molecule has 0 radical (unpaired) electrons. The summed E-state index contributed by atoms with van der Waals surface area (Å²) in [5.41, 5.74) is 14.3. The molecule has 7 amide bonds. The summed E-state index contributed by atoms with van der Waals surface area (Å²) in [7, 11) is 1.90. The van der Waals surface area contributed by atoms with Crippen LogP contribution in [0.3, 0.4) is 0 Å². The molecule has 422 valence electrons. The van der Waals surface area contributed by atoms with Gasteiger partial charge in [-0.1, -0.05) is 96.1 Å². The highest BCUT2D eigenvalue weighted by molar-refractivity contribution is 8.77. The molecule has 1 fully saturated rings. The Morgan fingerprint density at radius 2 is 1.23 bits per heavy atom. The smallest absolute Gasteiger partial charge is 0.326 e. The fraction of sp³-hybridized carbons (Fsp3) is 0.423. The van der Waals surface area contributed by atoms with Gasteiger partial charge >= 0.3 is 11.9 Å². The summed E-state index contributed by atoms with van der Waals surface area (Å²) in [5, 5.41) is 56.2. The molecule has 5 rings (SSSR count). The SMILES string of the molecule is CC(=O)O.CC(C)[C@H](NC(=O)[C@@H]1CSSC(C)(C)C(NC(=O)[C@@H](N)CC(=O)O)C(=O)N[C@@H](Cc2ccccc2)C(=O)N[C@H](Cc2c[nH]c3ccccc23)C(=O)N[C@@H](CCN)C(=O)N[C@@H](Cc2ccc(O)cc2)C(=O)N1)C(=O)O. The maximum absolute atomic E-state index is 14.8. The summed E-state index contributed by atoms with van der Waals surface area (Å²) in [6.07, 6.45) is 0.226. The number of nitrogens with two attached hydrogens (primary N) is 2. The Bertz CT molecular complexity index is 2760. The van der Waals surface area contributed by atoms with Crippen molar-refractivity contribution in [2.45, 2.75) is 120 Å². The van der Waals surface area contributed by atoms with Crippen molar-refractivity contribution in [1.82, 2.24) is 42.2 Å². The van der Waals surface area contributed by atoms with Crippen molar-refractivity contribution in [2.75, 3.05) is 12.3 Å². The van der Waals surface area contributed by atoms with Gasteiger partial charge in [-0.05, 0) is 67.6 Å². The lowest BCUT2D eigenvalue weighted by molar-refractivity contribution is -0.143. The lowest BCUT2D eigenvalue weighted by atomic mass is 9.98. The molecule has 8 atom stereocenters. The number of phenolic OH excluding ortho intramolecular Hbond substituents is 1. The fourth-order valence-electron chi connectivity index (χ4n) is 7.98. The van der Waals surface area contributed by atoms with E-state index in [9.17, 15) is 58.5 Å². The molecule has 1 aromatic heterocycles. The number of rotatable bonds is 16. The topological polar surface area (TPSA) is 404 Å². The number of carbonyl (C=O) groups excluding carboxylic acids is 7. The van der Waals surface area contributed by atoms with Gasteiger partial charge in [0.15, 0.2) is 0 Å². The number of aliphatic carboxylic acids is 3. The van der Waals surface area contributed by atoms with Crippen LogP contribution in [0, 0.1) is 5.92 Å². The van der Waals surface area contributed by atoms with Crippen molar-refractivity contribution in [3.63, 3.8) is 0 Å². The molecule has 1 saturated heterocycles. The van der Waals surface area contributed by atoms with Crippen LogP contribution in [0.4, 0.5) is 0 Å². The summed E-state index contributed by atoms with van der Waals surface area (Å²) in [6, 6.07) is 9.70. The highest BCUT2D eigenvalue weighted by Gasteiger charge is 2.42. The van der Waals surface area contributed by atoms with Crippen LogP contribution < -0.4 is 48.7 Å². The highest BCUT2D eigenvalue weighted by atomic mass is 33.1. The third-order valence-electron chi connectivity index (χ3n) is 12.1. The fourth-order valence-corrected chi connectivity index (χ4v) is 10.8. The number of carboxylic acid groups (broad SMARTS) is 3. The molecule has 26 heteroatoms. The summed E-state index contributed by atoms with van der Waals surface area (Å²) in [6.45, 7) is 7.18. The van der Waals surface area contributed by atoms with E-state index >= 15 is 0 Å². The van der Waals surface area contributed by atoms with E-state index in [1.165, 1.54) is 24.3 Å². The second-order valence-electron chi connectivity index (χ2n) is 19.2. The number of aromatic hydroxyl groups is 1. The zero-order valence-electron chi connectivity index (χ0n) is 43.6. The van der Waals surface area contributed by atoms with E-state index in [0.717, 1.165) is 39.4 Å². The number of H-pyrrole nitrogens is 1. The van der Waals surface area contributed by atoms with Crippen molar-refractivity contribution in [3.8, 4) is 5.75 Å². The summed E-state index contributed by atoms with van der Waals surface area (Å²) in [5.74, 6) is -10.9. The number of carboxylic acids is 3. The number of hydrogen-bond donors (Lipinski definition) is 14. The predicted molar refractivity (Wildman–Crippen MR) is 291 cm³/mol. The number of carbonyl (C=O) groups is 10. The number of para-hydroxylation sites is 1. The minimum Gasteiger partial charge on any atom is -0.508 e. The number of hydrogen-bond acceptors (Lipinski definition) is 15. The third-order valence-corrected chi connectivity index (χ3v) is 15.4. The van der Waals surface area contributed by atoms with Crippen molar-refractivity contribution in [2.24, 2.45) is 17.4 Å². The number of benzene rings is 3. The first kappa shape index (κ1) is 62.9. The Morgan fingerprint density at radius 3 is 1.79 bits per heavy atom. The first-order valence-corrected chi connectivity index (χ1v) is 27.0. The van der Waals surface area contributed by atoms with E-state index in [-0.39, 0.29) is 43.7 Å². The average Bonchev–Trinajstić information content (AvgIpc) is 3.78. The normalized spacial score (nSPS) is 21.4. The van der Waals surface area contributed by atoms with Crippen LogP contribution in [0.15, 0.2) is 85.1 Å². The van der Waals surface area contributed by atoms with E-state index in [4.69, 9.17) is 21.4 Å². The van der Waals surface area contributed by atoms with Gasteiger partial charge in [0.1, 0.15) is 48.0 Å². The molecule has 2 heterocycles. The monoisotopic (exact) mass is 1120 g/mol. The number of aromatic nitrogens is 1. The van der Waals surface area contributed by atoms with Crippen molar-refractivity contribution in [3.05, 3.63) is 102 Å². The molecule has 1 aliphatic rings. The molecular formula is C52H68N10O14S2. The van der Waals surface area contributed by atoms with Gasteiger partial charge in [-0.15, -0.1) is 0 Å². The van der Waals surface area contributed by atoms with E-state index in [1.807, 2.05) is 18.2 Å². The highest BCUT2D eigenvalue weighted by Crippen LogP contribution is 2.39. The molecule has 1 aliphatic heterocycles. The average molecular weight is 1120 g/mol. The molecule has 78 heavy (non-hydrogen) atoms.